The number of hydrogen-bond donors (Lipinski definition) is 2. The third-order valence-electron chi connectivity index (χ3n) is 5.48. The molecule has 0 atom stereocenters. The first-order chi connectivity index (χ1) is 14.9. The molecular formula is C23H33N5O3. The Balaban J connectivity index is 1.30. The van der Waals surface area contributed by atoms with E-state index in [1.54, 1.807) is 13.0 Å². The monoisotopic (exact) mass is 427 g/mol. The lowest BCUT2D eigenvalue weighted by molar-refractivity contribution is -0.123. The largest absolute Gasteiger partial charge is 0.360 e. The summed E-state index contributed by atoms with van der Waals surface area (Å²) in [5.74, 6) is 1.56. The van der Waals surface area contributed by atoms with Crippen molar-refractivity contribution in [2.24, 2.45) is 0 Å². The first kappa shape index (κ1) is 23.0. The summed E-state index contributed by atoms with van der Waals surface area (Å²) in [7, 11) is 0. The standard InChI is InChI=1S/C23H33N5O3/c1-17(2)20-6-4-19(5-7-20)8-9-24-22(29)15-27-10-12-28(13-11-27)16-23(30)25-21-14-18(3)31-26-21/h4-7,14,17H,8-13,15-16H2,1-3H3,(H,24,29)(H,25,26,30). The van der Waals surface area contributed by atoms with Crippen LogP contribution in [-0.4, -0.2) is 72.6 Å². The van der Waals surface area contributed by atoms with E-state index in [0.717, 1.165) is 32.6 Å². The van der Waals surface area contributed by atoms with Gasteiger partial charge in [-0.2, -0.15) is 0 Å². The molecule has 1 aromatic carbocycles. The minimum atomic E-state index is -0.110. The van der Waals surface area contributed by atoms with Crippen LogP contribution < -0.4 is 10.6 Å². The van der Waals surface area contributed by atoms with E-state index in [0.29, 0.717) is 37.1 Å². The number of anilines is 1. The molecule has 2 N–H and O–H groups in total. The molecule has 31 heavy (non-hydrogen) atoms. The molecule has 8 nitrogen and oxygen atoms in total. The number of rotatable bonds is 9. The van der Waals surface area contributed by atoms with Crippen LogP contribution in [0.2, 0.25) is 0 Å². The van der Waals surface area contributed by atoms with Gasteiger partial charge in [0.05, 0.1) is 13.1 Å². The van der Waals surface area contributed by atoms with Gasteiger partial charge in [0.25, 0.3) is 0 Å². The van der Waals surface area contributed by atoms with Crippen molar-refractivity contribution >= 4 is 17.6 Å². The van der Waals surface area contributed by atoms with E-state index in [1.165, 1.54) is 11.1 Å². The number of piperazine rings is 1. The second-order valence-electron chi connectivity index (χ2n) is 8.42. The molecule has 3 rings (SSSR count). The SMILES string of the molecule is Cc1cc(NC(=O)CN2CCN(CC(=O)NCCc3ccc(C(C)C)cc3)CC2)no1. The molecule has 2 aromatic rings. The summed E-state index contributed by atoms with van der Waals surface area (Å²) in [6.45, 7) is 10.5. The number of aryl methyl sites for hydroxylation is 1. The summed E-state index contributed by atoms with van der Waals surface area (Å²) < 4.78 is 4.95. The zero-order valence-electron chi connectivity index (χ0n) is 18.7. The van der Waals surface area contributed by atoms with Gasteiger partial charge in [-0.05, 0) is 30.4 Å². The second-order valence-corrected chi connectivity index (χ2v) is 8.42. The molecule has 0 unspecified atom stereocenters. The molecule has 1 aliphatic heterocycles. The fraction of sp³-hybridized carbons (Fsp3) is 0.522. The van der Waals surface area contributed by atoms with Gasteiger partial charge in [0, 0.05) is 38.8 Å². The van der Waals surface area contributed by atoms with E-state index < -0.39 is 0 Å². The van der Waals surface area contributed by atoms with Crippen LogP contribution in [0.25, 0.3) is 0 Å². The highest BCUT2D eigenvalue weighted by atomic mass is 16.5. The molecule has 1 aromatic heterocycles. The molecule has 1 saturated heterocycles. The van der Waals surface area contributed by atoms with Crippen molar-refractivity contribution in [1.29, 1.82) is 0 Å². The Morgan fingerprint density at radius 3 is 2.19 bits per heavy atom. The maximum Gasteiger partial charge on any atom is 0.239 e. The first-order valence-corrected chi connectivity index (χ1v) is 10.9. The van der Waals surface area contributed by atoms with Gasteiger partial charge in [-0.15, -0.1) is 0 Å². The average Bonchev–Trinajstić information content (AvgIpc) is 3.14. The van der Waals surface area contributed by atoms with Crippen molar-refractivity contribution in [3.8, 4) is 0 Å². The third kappa shape index (κ3) is 7.48. The Labute approximate surface area is 183 Å². The molecule has 2 amide bonds. The molecule has 0 bridgehead atoms. The highest BCUT2D eigenvalue weighted by Crippen LogP contribution is 2.14. The van der Waals surface area contributed by atoms with Crippen molar-refractivity contribution in [2.45, 2.75) is 33.1 Å². The van der Waals surface area contributed by atoms with Crippen LogP contribution in [0.15, 0.2) is 34.9 Å². The fourth-order valence-corrected chi connectivity index (χ4v) is 3.59. The van der Waals surface area contributed by atoms with Crippen LogP contribution >= 0.6 is 0 Å². The lowest BCUT2D eigenvalue weighted by Crippen LogP contribution is -2.51. The molecule has 8 heteroatoms. The maximum absolute atomic E-state index is 12.3. The molecule has 0 radical (unpaired) electrons. The van der Waals surface area contributed by atoms with Crippen molar-refractivity contribution in [1.82, 2.24) is 20.3 Å². The molecule has 0 aliphatic carbocycles. The van der Waals surface area contributed by atoms with E-state index >= 15 is 0 Å². The summed E-state index contributed by atoms with van der Waals surface area (Å²) >= 11 is 0. The van der Waals surface area contributed by atoms with Gasteiger partial charge >= 0.3 is 0 Å². The number of benzene rings is 1. The molecule has 0 spiro atoms. The van der Waals surface area contributed by atoms with Gasteiger partial charge in [0.15, 0.2) is 5.82 Å². The van der Waals surface area contributed by atoms with Crippen LogP contribution in [-0.2, 0) is 16.0 Å². The van der Waals surface area contributed by atoms with Gasteiger partial charge in [-0.3, -0.25) is 19.4 Å². The minimum Gasteiger partial charge on any atom is -0.360 e. The Bertz CT molecular complexity index is 854. The zero-order valence-corrected chi connectivity index (χ0v) is 18.7. The van der Waals surface area contributed by atoms with E-state index in [9.17, 15) is 9.59 Å². The summed E-state index contributed by atoms with van der Waals surface area (Å²) in [4.78, 5) is 28.6. The topological polar surface area (TPSA) is 90.7 Å². The third-order valence-corrected chi connectivity index (χ3v) is 5.48. The number of aromatic nitrogens is 1. The number of carbonyl (C=O) groups is 2. The van der Waals surface area contributed by atoms with Gasteiger partial charge in [0.1, 0.15) is 5.76 Å². The van der Waals surface area contributed by atoms with E-state index in [4.69, 9.17) is 4.52 Å². The number of nitrogens with one attached hydrogen (secondary N) is 2. The van der Waals surface area contributed by atoms with Crippen LogP contribution in [0.3, 0.4) is 0 Å². The predicted molar refractivity (Wildman–Crippen MR) is 120 cm³/mol. The van der Waals surface area contributed by atoms with Gasteiger partial charge in [0.2, 0.25) is 11.8 Å². The smallest absolute Gasteiger partial charge is 0.239 e. The van der Waals surface area contributed by atoms with Crippen molar-refractivity contribution in [2.75, 3.05) is 51.1 Å². The van der Waals surface area contributed by atoms with E-state index in [2.05, 4.69) is 63.7 Å². The maximum atomic E-state index is 12.3. The van der Waals surface area contributed by atoms with Crippen molar-refractivity contribution < 1.29 is 14.1 Å². The van der Waals surface area contributed by atoms with Gasteiger partial charge in [-0.1, -0.05) is 43.3 Å². The first-order valence-electron chi connectivity index (χ1n) is 10.9. The summed E-state index contributed by atoms with van der Waals surface area (Å²) in [6, 6.07) is 10.3. The Kier molecular flexibility index (Phi) is 8.20. The van der Waals surface area contributed by atoms with E-state index in [-0.39, 0.29) is 11.8 Å². The van der Waals surface area contributed by atoms with Crippen LogP contribution in [0, 0.1) is 6.92 Å². The van der Waals surface area contributed by atoms with Crippen molar-refractivity contribution in [3.05, 3.63) is 47.2 Å². The predicted octanol–water partition coefficient (Wildman–Crippen LogP) is 2.02. The second kappa shape index (κ2) is 11.1. The van der Waals surface area contributed by atoms with E-state index in [1.807, 2.05) is 0 Å². The molecule has 0 saturated carbocycles. The quantitative estimate of drug-likeness (QED) is 0.636. The Hall–Kier alpha value is -2.71. The molecule has 168 valence electrons. The van der Waals surface area contributed by atoms with Crippen LogP contribution in [0.5, 0.6) is 0 Å². The zero-order chi connectivity index (χ0) is 22.2. The van der Waals surface area contributed by atoms with Gasteiger partial charge < -0.3 is 15.2 Å². The molecule has 1 fully saturated rings. The number of hydrogen-bond acceptors (Lipinski definition) is 6. The number of amides is 2. The fourth-order valence-electron chi connectivity index (χ4n) is 3.59. The molecule has 2 heterocycles. The summed E-state index contributed by atoms with van der Waals surface area (Å²) in [5.41, 5.74) is 2.56. The Morgan fingerprint density at radius 2 is 1.65 bits per heavy atom. The average molecular weight is 428 g/mol. The summed E-state index contributed by atoms with van der Waals surface area (Å²) in [6.07, 6.45) is 0.831. The molecular weight excluding hydrogens is 394 g/mol. The normalized spacial score (nSPS) is 15.2. The Morgan fingerprint density at radius 1 is 1.03 bits per heavy atom. The number of nitrogens with zero attached hydrogens (tertiary/aromatic N) is 3. The van der Waals surface area contributed by atoms with Crippen LogP contribution in [0.4, 0.5) is 5.82 Å². The number of carbonyl (C=O) groups excluding carboxylic acids is 2. The van der Waals surface area contributed by atoms with Crippen molar-refractivity contribution in [3.63, 3.8) is 0 Å². The molecule has 1 aliphatic rings. The lowest BCUT2D eigenvalue weighted by Gasteiger charge is -2.33. The van der Waals surface area contributed by atoms with Crippen LogP contribution in [0.1, 0.15) is 36.7 Å². The minimum absolute atomic E-state index is 0.0476. The highest BCUT2D eigenvalue weighted by Gasteiger charge is 2.21. The van der Waals surface area contributed by atoms with Gasteiger partial charge in [-0.25, -0.2) is 0 Å². The lowest BCUT2D eigenvalue weighted by atomic mass is 10.0. The highest BCUT2D eigenvalue weighted by molar-refractivity contribution is 5.91. The summed E-state index contributed by atoms with van der Waals surface area (Å²) in [5, 5.41) is 9.52.